The predicted octanol–water partition coefficient (Wildman–Crippen LogP) is 3.34. The van der Waals surface area contributed by atoms with Gasteiger partial charge >= 0.3 is 18.0 Å². The lowest BCUT2D eigenvalue weighted by Gasteiger charge is -2.36. The van der Waals surface area contributed by atoms with Crippen LogP contribution in [0.4, 0.5) is 4.79 Å². The summed E-state index contributed by atoms with van der Waals surface area (Å²) in [7, 11) is 0. The number of ether oxygens (including phenoxy) is 3. The Bertz CT molecular complexity index is 1010. The number of carbonyl (C=O) groups excluding carboxylic acids is 5. The highest BCUT2D eigenvalue weighted by molar-refractivity contribution is 6.76. The zero-order chi connectivity index (χ0) is 25.7. The molecule has 3 aliphatic rings. The van der Waals surface area contributed by atoms with E-state index in [1.165, 1.54) is 0 Å². The molecule has 0 unspecified atom stereocenters. The molecule has 186 valence electrons. The number of alkyl carbamates (subject to hydrolysis) is 1. The van der Waals surface area contributed by atoms with E-state index in [-0.39, 0.29) is 24.2 Å². The highest BCUT2D eigenvalue weighted by atomic mass is 35.6. The van der Waals surface area contributed by atoms with Crippen LogP contribution in [0.25, 0.3) is 0 Å². The third kappa shape index (κ3) is 4.83. The minimum Gasteiger partial charge on any atom is -0.461 e. The lowest BCUT2D eigenvalue weighted by molar-refractivity contribution is -0.159. The van der Waals surface area contributed by atoms with Crippen LogP contribution in [0.5, 0.6) is 0 Å². The monoisotopic (exact) mass is 535 g/mol. The van der Waals surface area contributed by atoms with Crippen LogP contribution in [0, 0.1) is 17.8 Å². The van der Waals surface area contributed by atoms with Crippen LogP contribution in [-0.2, 0) is 33.4 Å². The third-order valence-electron chi connectivity index (χ3n) is 6.43. The molecule has 1 saturated carbocycles. The number of hydrogen-bond acceptors (Lipinski definition) is 8. The van der Waals surface area contributed by atoms with Gasteiger partial charge in [-0.3, -0.25) is 19.7 Å². The second-order valence-corrected chi connectivity index (χ2v) is 11.4. The van der Waals surface area contributed by atoms with Gasteiger partial charge in [-0.15, -0.1) is 0 Å². The summed E-state index contributed by atoms with van der Waals surface area (Å²) in [6, 6.07) is 0. The van der Waals surface area contributed by atoms with Gasteiger partial charge in [0.1, 0.15) is 17.8 Å². The van der Waals surface area contributed by atoms with E-state index in [0.717, 1.165) is 0 Å². The summed E-state index contributed by atoms with van der Waals surface area (Å²) in [5.41, 5.74) is -0.538. The van der Waals surface area contributed by atoms with Gasteiger partial charge in [0.2, 0.25) is 0 Å². The van der Waals surface area contributed by atoms with E-state index in [4.69, 9.17) is 49.0 Å². The fraction of sp³-hybridized carbons (Fsp3) is 0.591. The fourth-order valence-electron chi connectivity index (χ4n) is 4.67. The lowest BCUT2D eigenvalue weighted by Crippen LogP contribution is -2.48. The summed E-state index contributed by atoms with van der Waals surface area (Å²) in [5.74, 6) is -4.62. The summed E-state index contributed by atoms with van der Waals surface area (Å²) >= 11 is 16.5. The summed E-state index contributed by atoms with van der Waals surface area (Å²) < 4.78 is 14.5. The second-order valence-electron chi connectivity index (χ2n) is 9.13. The number of amides is 2. The molecule has 1 N–H and O–H groups in total. The molecular weight excluding hydrogens is 513 g/mol. The molecule has 0 radical (unpaired) electrons. The summed E-state index contributed by atoms with van der Waals surface area (Å²) in [4.78, 5) is 62.1. The van der Waals surface area contributed by atoms with Crippen LogP contribution in [-0.4, -0.2) is 51.3 Å². The van der Waals surface area contributed by atoms with Crippen LogP contribution in [0.15, 0.2) is 23.3 Å². The molecule has 12 heteroatoms. The minimum atomic E-state index is -2.41. The maximum atomic E-state index is 12.7. The van der Waals surface area contributed by atoms with Crippen molar-refractivity contribution in [3.63, 3.8) is 0 Å². The Labute approximate surface area is 211 Å². The number of nitrogens with one attached hydrogen (secondary N) is 1. The quantitative estimate of drug-likeness (QED) is 0.252. The maximum absolute atomic E-state index is 12.7. The van der Waals surface area contributed by atoms with Crippen molar-refractivity contribution in [3.05, 3.63) is 23.3 Å². The van der Waals surface area contributed by atoms with Gasteiger partial charge in [-0.05, 0) is 25.0 Å². The molecule has 2 aliphatic carbocycles. The van der Waals surface area contributed by atoms with Crippen LogP contribution in [0.1, 0.15) is 40.5 Å². The van der Waals surface area contributed by atoms with E-state index in [2.05, 4.69) is 6.58 Å². The minimum absolute atomic E-state index is 0.0402. The molecule has 0 bridgehead atoms. The number of hydrogen-bond donors (Lipinski definition) is 1. The summed E-state index contributed by atoms with van der Waals surface area (Å²) in [6.45, 7) is 10.2. The molecule has 0 spiro atoms. The van der Waals surface area contributed by atoms with Gasteiger partial charge in [-0.2, -0.15) is 0 Å². The van der Waals surface area contributed by atoms with Crippen molar-refractivity contribution in [3.8, 4) is 0 Å². The normalized spacial score (nSPS) is 31.0. The SMILES string of the molecule is C=C1C(=O)O[C@@H]2C3=C(C)C(=O)C[C@H]3[C@](C)(OC(=O)NC(=O)C(Cl)(Cl)Cl)C[C@@H](OC(=O)C(C)C)[C@@H]12. The Kier molecular flexibility index (Phi) is 7.14. The molecule has 1 saturated heterocycles. The number of alkyl halides is 3. The molecule has 1 heterocycles. The first kappa shape index (κ1) is 26.5. The number of ketones is 1. The third-order valence-corrected chi connectivity index (χ3v) is 6.94. The van der Waals surface area contributed by atoms with Crippen molar-refractivity contribution in [1.82, 2.24) is 5.32 Å². The number of carbonyl (C=O) groups is 5. The average Bonchev–Trinajstić information content (AvgIpc) is 3.13. The lowest BCUT2D eigenvalue weighted by atomic mass is 9.81. The number of fused-ring (bicyclic) bond motifs is 3. The van der Waals surface area contributed by atoms with Crippen molar-refractivity contribution >= 4 is 64.5 Å². The molecule has 5 atom stereocenters. The standard InChI is InChI=1S/C22H24Cl3NO8/c1-8(2)17(28)32-13-7-21(5,34-20(31)26-19(30)22(23,24)25)11-6-12(27)9(3)14(11)16-15(13)10(4)18(29)33-16/h8,11,13,15-16H,4,6-7H2,1-3,5H3,(H,26,30,31)/t11-,13-,15-,16-,21-/m1/s1. The smallest absolute Gasteiger partial charge is 0.414 e. The van der Waals surface area contributed by atoms with Gasteiger partial charge in [-0.1, -0.05) is 55.2 Å². The topological polar surface area (TPSA) is 125 Å². The molecule has 2 fully saturated rings. The number of allylic oxidation sites excluding steroid dienone is 1. The van der Waals surface area contributed by atoms with E-state index in [1.54, 1.807) is 27.7 Å². The summed E-state index contributed by atoms with van der Waals surface area (Å²) in [6.07, 6.45) is -3.25. The van der Waals surface area contributed by atoms with Crippen molar-refractivity contribution in [2.45, 2.75) is 62.1 Å². The van der Waals surface area contributed by atoms with Gasteiger partial charge in [0.05, 0.1) is 11.8 Å². The number of rotatable bonds is 3. The second kappa shape index (κ2) is 9.17. The molecule has 9 nitrogen and oxygen atoms in total. The molecule has 0 aromatic heterocycles. The Morgan fingerprint density at radius 1 is 1.24 bits per heavy atom. The van der Waals surface area contributed by atoms with Crippen LogP contribution in [0.2, 0.25) is 0 Å². The molecule has 34 heavy (non-hydrogen) atoms. The summed E-state index contributed by atoms with van der Waals surface area (Å²) in [5, 5.41) is 1.85. The van der Waals surface area contributed by atoms with Gasteiger partial charge in [0.15, 0.2) is 5.78 Å². The van der Waals surface area contributed by atoms with E-state index in [9.17, 15) is 24.0 Å². The number of halogens is 3. The largest absolute Gasteiger partial charge is 0.461 e. The van der Waals surface area contributed by atoms with Gasteiger partial charge in [0, 0.05) is 24.3 Å². The Hall–Kier alpha value is -2.10. The average molecular weight is 537 g/mol. The Balaban J connectivity index is 2.04. The Morgan fingerprint density at radius 2 is 1.85 bits per heavy atom. The maximum Gasteiger partial charge on any atom is 0.414 e. The molecule has 0 aromatic rings. The van der Waals surface area contributed by atoms with Gasteiger partial charge in [0.25, 0.3) is 9.70 Å². The highest BCUT2D eigenvalue weighted by Crippen LogP contribution is 2.52. The number of imide groups is 1. The first-order valence-corrected chi connectivity index (χ1v) is 11.7. The van der Waals surface area contributed by atoms with E-state index in [1.807, 2.05) is 5.32 Å². The van der Waals surface area contributed by atoms with Crippen LogP contribution >= 0.6 is 34.8 Å². The first-order valence-electron chi connectivity index (χ1n) is 10.5. The van der Waals surface area contributed by atoms with E-state index >= 15 is 0 Å². The van der Waals surface area contributed by atoms with Gasteiger partial charge < -0.3 is 14.2 Å². The van der Waals surface area contributed by atoms with Crippen molar-refractivity contribution in [2.75, 3.05) is 0 Å². The highest BCUT2D eigenvalue weighted by Gasteiger charge is 2.60. The van der Waals surface area contributed by atoms with Gasteiger partial charge in [-0.25, -0.2) is 9.59 Å². The molecule has 0 aromatic carbocycles. The van der Waals surface area contributed by atoms with Crippen molar-refractivity contribution < 1.29 is 38.2 Å². The van der Waals surface area contributed by atoms with Crippen LogP contribution in [0.3, 0.4) is 0 Å². The van der Waals surface area contributed by atoms with Crippen LogP contribution < -0.4 is 5.32 Å². The Morgan fingerprint density at radius 3 is 2.41 bits per heavy atom. The zero-order valence-electron chi connectivity index (χ0n) is 18.9. The molecular formula is C22H24Cl3NO8. The number of esters is 2. The zero-order valence-corrected chi connectivity index (χ0v) is 21.2. The van der Waals surface area contributed by atoms with Crippen molar-refractivity contribution in [1.29, 1.82) is 0 Å². The predicted molar refractivity (Wildman–Crippen MR) is 121 cm³/mol. The molecule has 3 rings (SSSR count). The van der Waals surface area contributed by atoms with E-state index < -0.39 is 63.3 Å². The molecule has 2 amide bonds. The molecule has 1 aliphatic heterocycles. The fourth-order valence-corrected chi connectivity index (χ4v) is 4.81. The van der Waals surface area contributed by atoms with Crippen molar-refractivity contribution in [2.24, 2.45) is 17.8 Å². The number of Topliss-reactive ketones (excluding diaryl/α,β-unsaturated/α-hetero) is 1. The van der Waals surface area contributed by atoms with E-state index in [0.29, 0.717) is 11.1 Å². The first-order chi connectivity index (χ1) is 15.6.